The highest BCUT2D eigenvalue weighted by Gasteiger charge is 2.37. The van der Waals surface area contributed by atoms with Crippen LogP contribution in [-0.4, -0.2) is 28.8 Å². The smallest absolute Gasteiger partial charge is 0.433 e. The zero-order valence-electron chi connectivity index (χ0n) is 8.09. The van der Waals surface area contributed by atoms with E-state index in [9.17, 15) is 22.8 Å². The second kappa shape index (κ2) is 4.33. The van der Waals surface area contributed by atoms with Crippen LogP contribution in [0.2, 0.25) is 0 Å². The summed E-state index contributed by atoms with van der Waals surface area (Å²) in [5, 5.41) is 0. The second-order valence-corrected chi connectivity index (χ2v) is 2.68. The molecule has 0 aliphatic heterocycles. The van der Waals surface area contributed by atoms with Gasteiger partial charge in [-0.3, -0.25) is 4.79 Å². The van der Waals surface area contributed by atoms with Gasteiger partial charge in [-0.1, -0.05) is 0 Å². The van der Waals surface area contributed by atoms with Crippen molar-refractivity contribution in [2.24, 2.45) is 0 Å². The molecule has 0 saturated carbocycles. The lowest BCUT2D eigenvalue weighted by Gasteiger charge is -2.02. The van der Waals surface area contributed by atoms with Crippen molar-refractivity contribution in [3.05, 3.63) is 17.2 Å². The Kier molecular flexibility index (Phi) is 3.31. The molecular formula is C8H7F3N2O3. The molecule has 8 heteroatoms. The standard InChI is InChI=1S/C8H7F3N2O3/c1-2-16-7(15)6-12-4(3-14)5(13-6)8(9,10)11/h3H,2H2,1H3,(H,12,13). The maximum atomic E-state index is 12.3. The van der Waals surface area contributed by atoms with Crippen molar-refractivity contribution in [1.29, 1.82) is 0 Å². The van der Waals surface area contributed by atoms with E-state index in [0.717, 1.165) is 0 Å². The summed E-state index contributed by atoms with van der Waals surface area (Å²) in [5.74, 6) is -1.68. The summed E-state index contributed by atoms with van der Waals surface area (Å²) in [4.78, 5) is 26.3. The molecule has 88 valence electrons. The fraction of sp³-hybridized carbons (Fsp3) is 0.375. The van der Waals surface area contributed by atoms with Crippen LogP contribution in [0.15, 0.2) is 0 Å². The number of hydrogen-bond acceptors (Lipinski definition) is 4. The van der Waals surface area contributed by atoms with Gasteiger partial charge in [0.05, 0.1) is 6.61 Å². The summed E-state index contributed by atoms with van der Waals surface area (Å²) in [7, 11) is 0. The Morgan fingerprint density at radius 2 is 2.19 bits per heavy atom. The van der Waals surface area contributed by atoms with Crippen LogP contribution in [0.25, 0.3) is 0 Å². The summed E-state index contributed by atoms with van der Waals surface area (Å²) in [6, 6.07) is 0. The number of aromatic nitrogens is 2. The number of esters is 1. The van der Waals surface area contributed by atoms with Gasteiger partial charge in [0.2, 0.25) is 5.82 Å². The van der Waals surface area contributed by atoms with E-state index in [1.807, 2.05) is 0 Å². The normalized spacial score (nSPS) is 11.2. The van der Waals surface area contributed by atoms with Crippen LogP contribution in [0.4, 0.5) is 13.2 Å². The molecule has 1 aromatic heterocycles. The Hall–Kier alpha value is -1.86. The van der Waals surface area contributed by atoms with Gasteiger partial charge in [-0.05, 0) is 6.92 Å². The van der Waals surface area contributed by atoms with Crippen LogP contribution in [0, 0.1) is 0 Å². The van der Waals surface area contributed by atoms with E-state index in [0.29, 0.717) is 0 Å². The number of carbonyl (C=O) groups excluding carboxylic acids is 2. The molecule has 0 aliphatic carbocycles. The minimum Gasteiger partial charge on any atom is -0.460 e. The van der Waals surface area contributed by atoms with E-state index >= 15 is 0 Å². The molecule has 5 nitrogen and oxygen atoms in total. The van der Waals surface area contributed by atoms with Crippen LogP contribution in [0.5, 0.6) is 0 Å². The lowest BCUT2D eigenvalue weighted by atomic mass is 10.3. The highest BCUT2D eigenvalue weighted by atomic mass is 19.4. The largest absolute Gasteiger partial charge is 0.460 e. The van der Waals surface area contributed by atoms with Crippen LogP contribution >= 0.6 is 0 Å². The second-order valence-electron chi connectivity index (χ2n) is 2.68. The van der Waals surface area contributed by atoms with Crippen LogP contribution in [0.1, 0.15) is 33.7 Å². The third-order valence-corrected chi connectivity index (χ3v) is 1.60. The summed E-state index contributed by atoms with van der Waals surface area (Å²) in [5.41, 5.74) is -2.22. The third kappa shape index (κ3) is 2.38. The van der Waals surface area contributed by atoms with Crippen LogP contribution in [-0.2, 0) is 10.9 Å². The number of aldehydes is 1. The van der Waals surface area contributed by atoms with Gasteiger partial charge in [-0.2, -0.15) is 13.2 Å². The maximum absolute atomic E-state index is 12.3. The predicted octanol–water partition coefficient (Wildman–Crippen LogP) is 1.42. The number of carbonyl (C=O) groups is 2. The molecule has 0 amide bonds. The van der Waals surface area contributed by atoms with Gasteiger partial charge in [0, 0.05) is 0 Å². The lowest BCUT2D eigenvalue weighted by molar-refractivity contribution is -0.141. The number of aromatic amines is 1. The quantitative estimate of drug-likeness (QED) is 0.636. The molecule has 0 spiro atoms. The van der Waals surface area contributed by atoms with Crippen molar-refractivity contribution in [1.82, 2.24) is 9.97 Å². The molecule has 0 aromatic carbocycles. The van der Waals surface area contributed by atoms with Crippen LogP contribution < -0.4 is 0 Å². The highest BCUT2D eigenvalue weighted by Crippen LogP contribution is 2.29. The van der Waals surface area contributed by atoms with E-state index in [2.05, 4.69) is 9.72 Å². The van der Waals surface area contributed by atoms with Crippen molar-refractivity contribution < 1.29 is 27.5 Å². The molecule has 0 saturated heterocycles. The Morgan fingerprint density at radius 1 is 1.56 bits per heavy atom. The van der Waals surface area contributed by atoms with Crippen molar-refractivity contribution >= 4 is 12.3 Å². The van der Waals surface area contributed by atoms with Gasteiger partial charge in [0.25, 0.3) is 0 Å². The summed E-state index contributed by atoms with van der Waals surface area (Å²) < 4.78 is 41.4. The first-order valence-electron chi connectivity index (χ1n) is 4.19. The fourth-order valence-electron chi connectivity index (χ4n) is 0.984. The Morgan fingerprint density at radius 3 is 2.56 bits per heavy atom. The number of ether oxygens (including phenoxy) is 1. The zero-order chi connectivity index (χ0) is 12.3. The molecule has 0 atom stereocenters. The maximum Gasteiger partial charge on any atom is 0.433 e. The summed E-state index contributed by atoms with van der Waals surface area (Å²) in [6.07, 6.45) is -4.85. The van der Waals surface area contributed by atoms with Gasteiger partial charge in [0.1, 0.15) is 5.69 Å². The van der Waals surface area contributed by atoms with Gasteiger partial charge >= 0.3 is 12.1 Å². The van der Waals surface area contributed by atoms with E-state index in [1.165, 1.54) is 6.92 Å². The van der Waals surface area contributed by atoms with Crippen molar-refractivity contribution in [3.8, 4) is 0 Å². The monoisotopic (exact) mass is 236 g/mol. The molecule has 0 bridgehead atoms. The van der Waals surface area contributed by atoms with E-state index in [4.69, 9.17) is 0 Å². The Labute approximate surface area is 87.6 Å². The molecule has 1 rings (SSSR count). The molecule has 0 unspecified atom stereocenters. The molecule has 1 aromatic rings. The van der Waals surface area contributed by atoms with Crippen molar-refractivity contribution in [2.45, 2.75) is 13.1 Å². The number of halogens is 3. The first-order valence-corrected chi connectivity index (χ1v) is 4.19. The van der Waals surface area contributed by atoms with Gasteiger partial charge in [-0.15, -0.1) is 0 Å². The topological polar surface area (TPSA) is 72.0 Å². The number of nitrogens with zero attached hydrogens (tertiary/aromatic N) is 1. The minimum absolute atomic E-state index is 0.00267. The Balaban J connectivity index is 3.13. The Bertz CT molecular complexity index is 411. The predicted molar refractivity (Wildman–Crippen MR) is 44.9 cm³/mol. The number of imidazole rings is 1. The SMILES string of the molecule is CCOC(=O)c1nc(C=O)c(C(F)(F)F)[nH]1. The molecule has 0 radical (unpaired) electrons. The molecule has 0 aliphatic rings. The summed E-state index contributed by atoms with van der Waals surface area (Å²) in [6.45, 7) is 1.49. The van der Waals surface area contributed by atoms with Crippen molar-refractivity contribution in [2.75, 3.05) is 6.61 Å². The van der Waals surface area contributed by atoms with E-state index < -0.39 is 29.4 Å². The molecule has 16 heavy (non-hydrogen) atoms. The minimum atomic E-state index is -4.77. The summed E-state index contributed by atoms with van der Waals surface area (Å²) >= 11 is 0. The molecule has 1 heterocycles. The lowest BCUT2D eigenvalue weighted by Crippen LogP contribution is -2.10. The van der Waals surface area contributed by atoms with Gasteiger partial charge < -0.3 is 9.72 Å². The number of alkyl halides is 3. The van der Waals surface area contributed by atoms with Gasteiger partial charge in [0.15, 0.2) is 12.0 Å². The average Bonchev–Trinajstić information content (AvgIpc) is 2.61. The molecule has 0 fully saturated rings. The average molecular weight is 236 g/mol. The number of H-pyrrole nitrogens is 1. The first-order chi connectivity index (χ1) is 7.40. The molecule has 1 N–H and O–H groups in total. The van der Waals surface area contributed by atoms with E-state index in [-0.39, 0.29) is 12.9 Å². The highest BCUT2D eigenvalue weighted by molar-refractivity contribution is 5.87. The first kappa shape index (κ1) is 12.2. The van der Waals surface area contributed by atoms with Gasteiger partial charge in [-0.25, -0.2) is 9.78 Å². The number of rotatable bonds is 3. The number of hydrogen-bond donors (Lipinski definition) is 1. The zero-order valence-corrected chi connectivity index (χ0v) is 8.09. The third-order valence-electron chi connectivity index (χ3n) is 1.60. The number of nitrogens with one attached hydrogen (secondary N) is 1. The van der Waals surface area contributed by atoms with E-state index in [1.54, 1.807) is 4.98 Å². The van der Waals surface area contributed by atoms with Crippen LogP contribution in [0.3, 0.4) is 0 Å². The fourth-order valence-corrected chi connectivity index (χ4v) is 0.984. The molecular weight excluding hydrogens is 229 g/mol. The van der Waals surface area contributed by atoms with Crippen molar-refractivity contribution in [3.63, 3.8) is 0 Å².